The minimum atomic E-state index is -3.71. The fraction of sp³-hybridized carbons (Fsp3) is 0.154. The van der Waals surface area contributed by atoms with Crippen LogP contribution in [0.15, 0.2) is 43.7 Å². The number of nitrogens with one attached hydrogen (secondary N) is 2. The average molecular weight is 338 g/mol. The van der Waals surface area contributed by atoms with Crippen LogP contribution in [0.25, 0.3) is 0 Å². The van der Waals surface area contributed by atoms with Crippen LogP contribution in [0.5, 0.6) is 5.88 Å². The number of hydrogen-bond donors (Lipinski definition) is 4. The van der Waals surface area contributed by atoms with Crippen LogP contribution in [0.3, 0.4) is 0 Å². The first-order valence-corrected chi connectivity index (χ1v) is 7.99. The first-order chi connectivity index (χ1) is 10.8. The number of aliphatic imine (C=N–C) groups is 1. The van der Waals surface area contributed by atoms with Crippen molar-refractivity contribution >= 4 is 16.2 Å². The van der Waals surface area contributed by atoms with Crippen molar-refractivity contribution < 1.29 is 13.5 Å². The SMILES string of the molecule is NS(=O)(=O)c1ccc(CCN=Cc2[nH]c(=O)c(=O)[nH]c2O)cc1. The number of aromatic amines is 2. The number of nitrogens with two attached hydrogens (primary N) is 1. The number of aromatic hydroxyl groups is 1. The zero-order chi connectivity index (χ0) is 17.0. The molecule has 0 atom stereocenters. The maximum atomic E-state index is 11.1. The van der Waals surface area contributed by atoms with E-state index in [0.717, 1.165) is 5.56 Å². The van der Waals surface area contributed by atoms with Crippen LogP contribution in [0.2, 0.25) is 0 Å². The second kappa shape index (κ2) is 6.58. The number of hydrogen-bond acceptors (Lipinski definition) is 6. The number of benzene rings is 1. The Morgan fingerprint density at radius 2 is 1.74 bits per heavy atom. The van der Waals surface area contributed by atoms with Crippen molar-refractivity contribution in [3.8, 4) is 5.88 Å². The van der Waals surface area contributed by atoms with Crippen LogP contribution in [0.1, 0.15) is 11.3 Å². The molecular weight excluding hydrogens is 324 g/mol. The molecule has 0 aliphatic heterocycles. The first kappa shape index (κ1) is 16.6. The number of nitrogens with zero attached hydrogens (tertiary/aromatic N) is 1. The highest BCUT2D eigenvalue weighted by molar-refractivity contribution is 7.89. The summed E-state index contributed by atoms with van der Waals surface area (Å²) in [6, 6.07) is 6.04. The summed E-state index contributed by atoms with van der Waals surface area (Å²) in [5.41, 5.74) is -0.995. The van der Waals surface area contributed by atoms with Crippen LogP contribution in [-0.2, 0) is 16.4 Å². The Morgan fingerprint density at radius 3 is 2.35 bits per heavy atom. The molecule has 0 unspecified atom stereocenters. The Bertz CT molecular complexity index is 942. The molecule has 1 aromatic carbocycles. The van der Waals surface area contributed by atoms with Gasteiger partial charge in [0, 0.05) is 6.54 Å². The minimum absolute atomic E-state index is 0.000766. The van der Waals surface area contributed by atoms with Gasteiger partial charge in [-0.3, -0.25) is 19.6 Å². The van der Waals surface area contributed by atoms with E-state index in [1.165, 1.54) is 18.3 Å². The predicted octanol–water partition coefficient (Wildman–Crippen LogP) is -0.922. The third-order valence-corrected chi connectivity index (χ3v) is 3.87. The van der Waals surface area contributed by atoms with Crippen molar-refractivity contribution in [2.45, 2.75) is 11.3 Å². The van der Waals surface area contributed by atoms with Crippen LogP contribution >= 0.6 is 0 Å². The zero-order valence-electron chi connectivity index (χ0n) is 11.8. The van der Waals surface area contributed by atoms with Gasteiger partial charge in [-0.15, -0.1) is 0 Å². The van der Waals surface area contributed by atoms with Gasteiger partial charge in [0.25, 0.3) is 0 Å². The van der Waals surface area contributed by atoms with Gasteiger partial charge in [0.1, 0.15) is 5.69 Å². The molecule has 0 bridgehead atoms. The molecule has 2 rings (SSSR count). The molecule has 10 heteroatoms. The minimum Gasteiger partial charge on any atom is -0.493 e. The van der Waals surface area contributed by atoms with Gasteiger partial charge in [0.05, 0.1) is 11.1 Å². The lowest BCUT2D eigenvalue weighted by molar-refractivity contribution is 0.446. The fourth-order valence-corrected chi connectivity index (χ4v) is 2.27. The van der Waals surface area contributed by atoms with Crippen LogP contribution < -0.4 is 16.3 Å². The Labute approximate surface area is 130 Å². The third-order valence-electron chi connectivity index (χ3n) is 2.94. The number of aromatic nitrogens is 2. The van der Waals surface area contributed by atoms with E-state index in [2.05, 4.69) is 9.98 Å². The quantitative estimate of drug-likeness (QED) is 0.409. The highest BCUT2D eigenvalue weighted by Gasteiger charge is 2.06. The first-order valence-electron chi connectivity index (χ1n) is 6.44. The van der Waals surface area contributed by atoms with Crippen molar-refractivity contribution in [2.24, 2.45) is 10.1 Å². The van der Waals surface area contributed by atoms with Crippen molar-refractivity contribution in [3.05, 3.63) is 56.2 Å². The van der Waals surface area contributed by atoms with E-state index >= 15 is 0 Å². The van der Waals surface area contributed by atoms with Gasteiger partial charge < -0.3 is 10.1 Å². The summed E-state index contributed by atoms with van der Waals surface area (Å²) < 4.78 is 22.2. The second-order valence-corrected chi connectivity index (χ2v) is 6.21. The maximum absolute atomic E-state index is 11.1. The van der Waals surface area contributed by atoms with Crippen LogP contribution in [-0.4, -0.2) is 36.3 Å². The summed E-state index contributed by atoms with van der Waals surface area (Å²) in [6.07, 6.45) is 1.74. The lowest BCUT2D eigenvalue weighted by Gasteiger charge is -2.01. The molecule has 23 heavy (non-hydrogen) atoms. The zero-order valence-corrected chi connectivity index (χ0v) is 12.6. The smallest absolute Gasteiger partial charge is 0.316 e. The predicted molar refractivity (Wildman–Crippen MR) is 83.3 cm³/mol. The van der Waals surface area contributed by atoms with E-state index in [-0.39, 0.29) is 10.6 Å². The topological polar surface area (TPSA) is 158 Å². The molecule has 5 N–H and O–H groups in total. The molecule has 0 saturated carbocycles. The van der Waals surface area contributed by atoms with Crippen LogP contribution in [0.4, 0.5) is 0 Å². The molecule has 122 valence electrons. The van der Waals surface area contributed by atoms with Gasteiger partial charge >= 0.3 is 11.1 Å². The Balaban J connectivity index is 2.01. The molecular formula is C13H14N4O5S. The van der Waals surface area contributed by atoms with Crippen molar-refractivity contribution in [1.29, 1.82) is 0 Å². The monoisotopic (exact) mass is 338 g/mol. The van der Waals surface area contributed by atoms with Gasteiger partial charge in [-0.25, -0.2) is 13.6 Å². The van der Waals surface area contributed by atoms with E-state index < -0.39 is 27.0 Å². The molecule has 0 aliphatic carbocycles. The number of sulfonamides is 1. The lowest BCUT2D eigenvalue weighted by Crippen LogP contribution is -2.30. The molecule has 9 nitrogen and oxygen atoms in total. The van der Waals surface area contributed by atoms with E-state index in [1.807, 2.05) is 4.98 Å². The van der Waals surface area contributed by atoms with Gasteiger partial charge in [-0.1, -0.05) is 12.1 Å². The Kier molecular flexibility index (Phi) is 4.77. The summed E-state index contributed by atoms with van der Waals surface area (Å²) >= 11 is 0. The van der Waals surface area contributed by atoms with E-state index in [1.54, 1.807) is 12.1 Å². The highest BCUT2D eigenvalue weighted by Crippen LogP contribution is 2.09. The van der Waals surface area contributed by atoms with Gasteiger partial charge in [-0.05, 0) is 24.1 Å². The number of rotatable bonds is 5. The summed E-state index contributed by atoms with van der Waals surface area (Å²) in [5, 5.41) is 14.5. The molecule has 2 aromatic rings. The molecule has 1 aromatic heterocycles. The van der Waals surface area contributed by atoms with Crippen molar-refractivity contribution in [1.82, 2.24) is 9.97 Å². The number of H-pyrrole nitrogens is 2. The summed E-state index contributed by atoms with van der Waals surface area (Å²) in [6.45, 7) is 0.329. The molecule has 0 amide bonds. The normalized spacial score (nSPS) is 11.9. The van der Waals surface area contributed by atoms with Crippen LogP contribution in [0, 0.1) is 0 Å². The van der Waals surface area contributed by atoms with E-state index in [4.69, 9.17) is 5.14 Å². The Hall–Kier alpha value is -2.72. The molecule has 0 spiro atoms. The Morgan fingerprint density at radius 1 is 1.13 bits per heavy atom. The molecule has 0 radical (unpaired) electrons. The third kappa shape index (κ3) is 4.37. The molecule has 0 saturated heterocycles. The second-order valence-electron chi connectivity index (χ2n) is 4.64. The lowest BCUT2D eigenvalue weighted by atomic mass is 10.1. The van der Waals surface area contributed by atoms with Crippen molar-refractivity contribution in [2.75, 3.05) is 6.54 Å². The summed E-state index contributed by atoms with van der Waals surface area (Å²) in [4.78, 5) is 30.3. The van der Waals surface area contributed by atoms with Gasteiger partial charge in [-0.2, -0.15) is 0 Å². The average Bonchev–Trinajstić information content (AvgIpc) is 2.48. The number of primary sulfonamides is 1. The summed E-state index contributed by atoms with van der Waals surface area (Å²) in [7, 11) is -3.71. The fourth-order valence-electron chi connectivity index (χ4n) is 1.76. The summed E-state index contributed by atoms with van der Waals surface area (Å²) in [5.74, 6) is -0.476. The van der Waals surface area contributed by atoms with Gasteiger partial charge in [0.15, 0.2) is 0 Å². The standard InChI is InChI=1S/C13H14N4O5S/c14-23(21,22)9-3-1-8(2-4-9)5-6-15-7-10-11(18)17-13(20)12(19)16-10/h1-4,7H,5-6H2,(H,16,19)(H2,14,21,22)(H2,17,18,20). The van der Waals surface area contributed by atoms with E-state index in [0.29, 0.717) is 13.0 Å². The largest absolute Gasteiger partial charge is 0.493 e. The molecule has 0 fully saturated rings. The van der Waals surface area contributed by atoms with Crippen molar-refractivity contribution in [3.63, 3.8) is 0 Å². The molecule has 0 aliphatic rings. The molecule has 1 heterocycles. The van der Waals surface area contributed by atoms with E-state index in [9.17, 15) is 23.1 Å². The van der Waals surface area contributed by atoms with Gasteiger partial charge in [0.2, 0.25) is 15.9 Å². The highest BCUT2D eigenvalue weighted by atomic mass is 32.2. The maximum Gasteiger partial charge on any atom is 0.316 e.